The molecular weight excluding hydrogens is 256 g/mol. The molecule has 1 saturated carbocycles. The molecule has 0 atom stereocenters. The van der Waals surface area contributed by atoms with Gasteiger partial charge in [0.25, 0.3) is 0 Å². The third-order valence-corrected chi connectivity index (χ3v) is 3.48. The summed E-state index contributed by atoms with van der Waals surface area (Å²) >= 11 is 0. The Morgan fingerprint density at radius 1 is 1.30 bits per heavy atom. The zero-order chi connectivity index (χ0) is 14.6. The topological polar surface area (TPSA) is 50.8 Å². The SMILES string of the molecule is CC(C)(C)OC(=O)N1CC(NCCCOCC2CC2)C1. The summed E-state index contributed by atoms with van der Waals surface area (Å²) in [6, 6.07) is 0.408. The van der Waals surface area contributed by atoms with E-state index in [-0.39, 0.29) is 6.09 Å². The van der Waals surface area contributed by atoms with Crippen molar-refractivity contribution < 1.29 is 14.3 Å². The lowest BCUT2D eigenvalue weighted by Gasteiger charge is -2.40. The van der Waals surface area contributed by atoms with Gasteiger partial charge in [-0.3, -0.25) is 0 Å². The molecule has 0 aromatic heterocycles. The lowest BCUT2D eigenvalue weighted by atomic mass is 10.1. The molecule has 0 aromatic carbocycles. The minimum absolute atomic E-state index is 0.205. The van der Waals surface area contributed by atoms with Crippen LogP contribution < -0.4 is 5.32 Å². The second-order valence-corrected chi connectivity index (χ2v) is 6.91. The summed E-state index contributed by atoms with van der Waals surface area (Å²) in [5.74, 6) is 0.844. The number of rotatable bonds is 7. The third-order valence-electron chi connectivity index (χ3n) is 3.48. The highest BCUT2D eigenvalue weighted by atomic mass is 16.6. The Morgan fingerprint density at radius 3 is 2.60 bits per heavy atom. The molecule has 0 radical (unpaired) electrons. The van der Waals surface area contributed by atoms with Crippen molar-refractivity contribution >= 4 is 6.09 Å². The minimum atomic E-state index is -0.408. The van der Waals surface area contributed by atoms with Gasteiger partial charge in [0.1, 0.15) is 5.60 Å². The van der Waals surface area contributed by atoms with E-state index >= 15 is 0 Å². The van der Waals surface area contributed by atoms with Crippen LogP contribution in [0.4, 0.5) is 4.79 Å². The fourth-order valence-electron chi connectivity index (χ4n) is 2.10. The van der Waals surface area contributed by atoms with E-state index in [0.29, 0.717) is 6.04 Å². The molecule has 116 valence electrons. The molecule has 1 heterocycles. The third kappa shape index (κ3) is 5.67. The summed E-state index contributed by atoms with van der Waals surface area (Å²) in [6.07, 6.45) is 3.53. The smallest absolute Gasteiger partial charge is 0.410 e. The number of nitrogens with one attached hydrogen (secondary N) is 1. The van der Waals surface area contributed by atoms with Gasteiger partial charge in [-0.15, -0.1) is 0 Å². The molecule has 1 aliphatic carbocycles. The maximum atomic E-state index is 11.7. The predicted molar refractivity (Wildman–Crippen MR) is 77.8 cm³/mol. The highest BCUT2D eigenvalue weighted by Crippen LogP contribution is 2.28. The van der Waals surface area contributed by atoms with Crippen molar-refractivity contribution in [3.05, 3.63) is 0 Å². The summed E-state index contributed by atoms with van der Waals surface area (Å²) in [7, 11) is 0. The van der Waals surface area contributed by atoms with Crippen molar-refractivity contribution in [2.75, 3.05) is 32.8 Å². The number of hydrogen-bond donors (Lipinski definition) is 1. The van der Waals surface area contributed by atoms with Crippen LogP contribution in [0.3, 0.4) is 0 Å². The van der Waals surface area contributed by atoms with Crippen molar-refractivity contribution in [1.29, 1.82) is 0 Å². The van der Waals surface area contributed by atoms with Crippen LogP contribution in [0.15, 0.2) is 0 Å². The normalized spacial score (nSPS) is 19.9. The first-order valence-corrected chi connectivity index (χ1v) is 7.73. The van der Waals surface area contributed by atoms with Gasteiger partial charge >= 0.3 is 6.09 Å². The highest BCUT2D eigenvalue weighted by molar-refractivity contribution is 5.69. The summed E-state index contributed by atoms with van der Waals surface area (Å²) < 4.78 is 10.9. The molecule has 0 unspecified atom stereocenters. The van der Waals surface area contributed by atoms with Crippen molar-refractivity contribution in [1.82, 2.24) is 10.2 Å². The molecule has 2 aliphatic rings. The Morgan fingerprint density at radius 2 is 2.00 bits per heavy atom. The Hall–Kier alpha value is -0.810. The Bertz CT molecular complexity index is 318. The van der Waals surface area contributed by atoms with Crippen molar-refractivity contribution in [3.63, 3.8) is 0 Å². The number of nitrogens with zero attached hydrogens (tertiary/aromatic N) is 1. The zero-order valence-corrected chi connectivity index (χ0v) is 13.0. The predicted octanol–water partition coefficient (Wildman–Crippen LogP) is 2.01. The maximum Gasteiger partial charge on any atom is 0.410 e. The zero-order valence-electron chi connectivity index (χ0n) is 13.0. The molecule has 2 rings (SSSR count). The van der Waals surface area contributed by atoms with Gasteiger partial charge in [-0.2, -0.15) is 0 Å². The van der Waals surface area contributed by atoms with Gasteiger partial charge in [0.2, 0.25) is 0 Å². The fourth-order valence-corrected chi connectivity index (χ4v) is 2.10. The van der Waals surface area contributed by atoms with Gasteiger partial charge in [0.05, 0.1) is 0 Å². The largest absolute Gasteiger partial charge is 0.444 e. The van der Waals surface area contributed by atoms with Gasteiger partial charge < -0.3 is 19.7 Å². The molecule has 1 N–H and O–H groups in total. The lowest BCUT2D eigenvalue weighted by molar-refractivity contribution is 0.00510. The van der Waals surface area contributed by atoms with Gasteiger partial charge in [-0.1, -0.05) is 0 Å². The van der Waals surface area contributed by atoms with Crippen LogP contribution in [0.5, 0.6) is 0 Å². The van der Waals surface area contributed by atoms with E-state index in [1.54, 1.807) is 4.90 Å². The van der Waals surface area contributed by atoms with E-state index in [1.807, 2.05) is 20.8 Å². The van der Waals surface area contributed by atoms with Crippen LogP contribution in [0.25, 0.3) is 0 Å². The second-order valence-electron chi connectivity index (χ2n) is 6.91. The molecule has 5 heteroatoms. The summed E-state index contributed by atoms with van der Waals surface area (Å²) in [5, 5.41) is 3.44. The average Bonchev–Trinajstić information content (AvgIpc) is 3.06. The molecule has 20 heavy (non-hydrogen) atoms. The van der Waals surface area contributed by atoms with E-state index in [9.17, 15) is 4.79 Å². The van der Waals surface area contributed by atoms with Crippen LogP contribution in [-0.2, 0) is 9.47 Å². The molecule has 2 fully saturated rings. The Kier molecular flexibility index (Phi) is 5.27. The van der Waals surface area contributed by atoms with Gasteiger partial charge in [-0.05, 0) is 52.5 Å². The van der Waals surface area contributed by atoms with Crippen molar-refractivity contribution in [2.24, 2.45) is 5.92 Å². The van der Waals surface area contributed by atoms with Crippen molar-refractivity contribution in [3.8, 4) is 0 Å². The molecule has 0 aromatic rings. The van der Waals surface area contributed by atoms with E-state index < -0.39 is 5.60 Å². The second kappa shape index (κ2) is 6.76. The van der Waals surface area contributed by atoms with Gasteiger partial charge in [0.15, 0.2) is 0 Å². The molecule has 1 saturated heterocycles. The number of ether oxygens (including phenoxy) is 2. The Balaban J connectivity index is 1.43. The molecule has 0 spiro atoms. The molecule has 1 aliphatic heterocycles. The Labute approximate surface area is 122 Å². The molecule has 5 nitrogen and oxygen atoms in total. The highest BCUT2D eigenvalue weighted by Gasteiger charge is 2.33. The summed E-state index contributed by atoms with van der Waals surface area (Å²) in [4.78, 5) is 13.5. The lowest BCUT2D eigenvalue weighted by Crippen LogP contribution is -2.60. The maximum absolute atomic E-state index is 11.7. The van der Waals surface area contributed by atoms with E-state index in [1.165, 1.54) is 12.8 Å². The van der Waals surface area contributed by atoms with E-state index in [2.05, 4.69) is 5.32 Å². The summed E-state index contributed by atoms with van der Waals surface area (Å²) in [6.45, 7) is 9.90. The van der Waals surface area contributed by atoms with Crippen molar-refractivity contribution in [2.45, 2.75) is 51.7 Å². The van der Waals surface area contributed by atoms with E-state index in [4.69, 9.17) is 9.47 Å². The number of hydrogen-bond acceptors (Lipinski definition) is 4. The molecule has 1 amide bonds. The number of carbonyl (C=O) groups excluding carboxylic acids is 1. The van der Waals surface area contributed by atoms with Crippen LogP contribution in [0, 0.1) is 5.92 Å². The first kappa shape index (κ1) is 15.6. The van der Waals surface area contributed by atoms with E-state index in [0.717, 1.165) is 45.2 Å². The number of likely N-dealkylation sites (tertiary alicyclic amines) is 1. The molecule has 0 bridgehead atoms. The minimum Gasteiger partial charge on any atom is -0.444 e. The number of amides is 1. The van der Waals surface area contributed by atoms with Gasteiger partial charge in [-0.25, -0.2) is 4.79 Å². The van der Waals surface area contributed by atoms with Crippen LogP contribution >= 0.6 is 0 Å². The van der Waals surface area contributed by atoms with Crippen LogP contribution in [0.2, 0.25) is 0 Å². The standard InChI is InChI=1S/C15H28N2O3/c1-15(2,3)20-14(18)17-9-13(10-17)16-7-4-8-19-11-12-5-6-12/h12-13,16H,4-11H2,1-3H3. The monoisotopic (exact) mass is 284 g/mol. The quantitative estimate of drug-likeness (QED) is 0.727. The molecular formula is C15H28N2O3. The fraction of sp³-hybridized carbons (Fsp3) is 0.933. The summed E-state index contributed by atoms with van der Waals surface area (Å²) in [5.41, 5.74) is -0.408. The van der Waals surface area contributed by atoms with Crippen LogP contribution in [-0.4, -0.2) is 55.5 Å². The number of carbonyl (C=O) groups is 1. The first-order chi connectivity index (χ1) is 9.44. The van der Waals surface area contributed by atoms with Crippen LogP contribution in [0.1, 0.15) is 40.0 Å². The van der Waals surface area contributed by atoms with Gasteiger partial charge in [0, 0.05) is 32.3 Å². The average molecular weight is 284 g/mol. The first-order valence-electron chi connectivity index (χ1n) is 7.73.